The standard InChI is InChI=1S/C33H38FNO5/c1-37-29-17-28(35-13-11-33(12-14-35)18-22(19-33)32(38-2)39-3)27(34)16-25(29)31-24-10-9-23(36)15-30(24)40-20-26(31)21-7-5-4-6-8-21/h4-10,15-17,22,26,31-32,36H,11-14,18-20H2,1-3H3/t26-,31+/m1/s1. The number of methoxy groups -OCH3 is 3. The lowest BCUT2D eigenvalue weighted by Gasteiger charge is -2.54. The quantitative estimate of drug-likeness (QED) is 0.343. The maximum atomic E-state index is 16.0. The van der Waals surface area contributed by atoms with Crippen molar-refractivity contribution >= 4 is 5.69 Å². The van der Waals surface area contributed by atoms with Crippen LogP contribution in [0.2, 0.25) is 0 Å². The van der Waals surface area contributed by atoms with Crippen molar-refractivity contribution in [1.82, 2.24) is 0 Å². The summed E-state index contributed by atoms with van der Waals surface area (Å²) < 4.78 is 39.0. The van der Waals surface area contributed by atoms with Crippen LogP contribution in [0.3, 0.4) is 0 Å². The SMILES string of the molecule is COc1cc(N2CCC3(CC2)CC(C(OC)OC)C3)c(F)cc1[C@@H]1c2ccc(O)cc2OC[C@@H]1c1ccccc1. The van der Waals surface area contributed by atoms with E-state index in [1.54, 1.807) is 39.5 Å². The predicted molar refractivity (Wildman–Crippen MR) is 152 cm³/mol. The molecule has 7 heteroatoms. The minimum atomic E-state index is -0.240. The van der Waals surface area contributed by atoms with Gasteiger partial charge in [-0.25, -0.2) is 4.39 Å². The highest BCUT2D eigenvalue weighted by Gasteiger charge is 2.49. The van der Waals surface area contributed by atoms with Crippen molar-refractivity contribution in [3.63, 3.8) is 0 Å². The first kappa shape index (κ1) is 26.9. The molecule has 40 heavy (non-hydrogen) atoms. The van der Waals surface area contributed by atoms with Crippen LogP contribution in [0.4, 0.5) is 10.1 Å². The van der Waals surface area contributed by atoms with E-state index >= 15 is 4.39 Å². The molecule has 0 bridgehead atoms. The smallest absolute Gasteiger partial charge is 0.159 e. The normalized spacial score (nSPS) is 22.1. The maximum absolute atomic E-state index is 16.0. The molecule has 0 radical (unpaired) electrons. The van der Waals surface area contributed by atoms with E-state index in [1.807, 2.05) is 30.3 Å². The lowest BCUT2D eigenvalue weighted by molar-refractivity contribution is -0.184. The Morgan fingerprint density at radius 3 is 2.35 bits per heavy atom. The molecule has 2 heterocycles. The van der Waals surface area contributed by atoms with Crippen LogP contribution in [0.15, 0.2) is 60.7 Å². The second-order valence-electron chi connectivity index (χ2n) is 11.6. The first-order valence-corrected chi connectivity index (χ1v) is 14.1. The molecular formula is C33H38FNO5. The molecule has 3 aromatic carbocycles. The molecule has 1 saturated heterocycles. The Morgan fingerprint density at radius 2 is 1.68 bits per heavy atom. The van der Waals surface area contributed by atoms with Crippen molar-refractivity contribution in [2.24, 2.45) is 11.3 Å². The highest BCUT2D eigenvalue weighted by molar-refractivity contribution is 5.60. The van der Waals surface area contributed by atoms with E-state index in [0.717, 1.165) is 55.5 Å². The summed E-state index contributed by atoms with van der Waals surface area (Å²) in [4.78, 5) is 2.16. The number of benzene rings is 3. The largest absolute Gasteiger partial charge is 0.508 e. The van der Waals surface area contributed by atoms with Crippen molar-refractivity contribution < 1.29 is 28.4 Å². The Bertz CT molecular complexity index is 1330. The summed E-state index contributed by atoms with van der Waals surface area (Å²) in [7, 11) is 5.05. The number of nitrogens with zero attached hydrogens (tertiary/aromatic N) is 1. The van der Waals surface area contributed by atoms with E-state index in [1.165, 1.54) is 0 Å². The van der Waals surface area contributed by atoms with Gasteiger partial charge in [-0.2, -0.15) is 0 Å². The summed E-state index contributed by atoms with van der Waals surface area (Å²) >= 11 is 0. The van der Waals surface area contributed by atoms with Crippen LogP contribution in [0, 0.1) is 17.2 Å². The van der Waals surface area contributed by atoms with Gasteiger partial charge in [0.1, 0.15) is 23.1 Å². The summed E-state index contributed by atoms with van der Waals surface area (Å²) in [5.74, 6) is 1.38. The molecule has 1 saturated carbocycles. The number of halogens is 1. The lowest BCUT2D eigenvalue weighted by Crippen LogP contribution is -2.50. The summed E-state index contributed by atoms with van der Waals surface area (Å²) in [6.07, 6.45) is 4.10. The van der Waals surface area contributed by atoms with Crippen LogP contribution < -0.4 is 14.4 Å². The number of rotatable bonds is 7. The molecule has 0 aromatic heterocycles. The molecule has 1 N–H and O–H groups in total. The Balaban J connectivity index is 1.29. The first-order valence-electron chi connectivity index (χ1n) is 14.1. The van der Waals surface area contributed by atoms with Crippen molar-refractivity contribution in [2.45, 2.75) is 43.8 Å². The zero-order chi connectivity index (χ0) is 27.9. The Kier molecular flexibility index (Phi) is 7.36. The topological polar surface area (TPSA) is 60.4 Å². The van der Waals surface area contributed by atoms with Crippen LogP contribution in [0.25, 0.3) is 0 Å². The van der Waals surface area contributed by atoms with Gasteiger partial charge in [0.25, 0.3) is 0 Å². The van der Waals surface area contributed by atoms with E-state index in [0.29, 0.717) is 35.1 Å². The van der Waals surface area contributed by atoms with Gasteiger partial charge < -0.3 is 29.0 Å². The van der Waals surface area contributed by atoms with Crippen molar-refractivity contribution in [2.75, 3.05) is 45.9 Å². The van der Waals surface area contributed by atoms with E-state index in [9.17, 15) is 5.11 Å². The van der Waals surface area contributed by atoms with Crippen molar-refractivity contribution in [1.29, 1.82) is 0 Å². The lowest BCUT2D eigenvalue weighted by atomic mass is 9.57. The fourth-order valence-electron chi connectivity index (χ4n) is 7.35. The molecule has 6 nitrogen and oxygen atoms in total. The molecule has 2 atom stereocenters. The molecular weight excluding hydrogens is 509 g/mol. The second kappa shape index (κ2) is 10.9. The molecule has 6 rings (SSSR count). The van der Waals surface area contributed by atoms with Gasteiger partial charge in [-0.05, 0) is 48.8 Å². The minimum absolute atomic E-state index is 0.0400. The van der Waals surface area contributed by atoms with Crippen LogP contribution in [0.5, 0.6) is 17.2 Å². The van der Waals surface area contributed by atoms with Gasteiger partial charge in [-0.15, -0.1) is 0 Å². The van der Waals surface area contributed by atoms with Gasteiger partial charge in [0.05, 0.1) is 19.4 Å². The number of anilines is 1. The van der Waals surface area contributed by atoms with Crippen molar-refractivity contribution in [3.05, 3.63) is 83.2 Å². The van der Waals surface area contributed by atoms with E-state index < -0.39 is 0 Å². The molecule has 1 aliphatic carbocycles. The van der Waals surface area contributed by atoms with Crippen molar-refractivity contribution in [3.8, 4) is 17.2 Å². The van der Waals surface area contributed by atoms with Crippen LogP contribution in [-0.2, 0) is 9.47 Å². The minimum Gasteiger partial charge on any atom is -0.508 e. The highest BCUT2D eigenvalue weighted by atomic mass is 19.1. The molecule has 212 valence electrons. The Labute approximate surface area is 235 Å². The Hall–Kier alpha value is -3.29. The average Bonchev–Trinajstić information content (AvgIpc) is 2.97. The number of ether oxygens (including phenoxy) is 4. The monoisotopic (exact) mass is 547 g/mol. The zero-order valence-corrected chi connectivity index (χ0v) is 23.4. The third-order valence-corrected chi connectivity index (χ3v) is 9.42. The second-order valence-corrected chi connectivity index (χ2v) is 11.6. The van der Waals surface area contributed by atoms with Gasteiger partial charge in [-0.1, -0.05) is 36.4 Å². The summed E-state index contributed by atoms with van der Waals surface area (Å²) in [6, 6.07) is 18.9. The molecule has 1 spiro atoms. The third-order valence-electron chi connectivity index (χ3n) is 9.42. The summed E-state index contributed by atoms with van der Waals surface area (Å²) in [5.41, 5.74) is 3.70. The van der Waals surface area contributed by atoms with Crippen LogP contribution in [0.1, 0.15) is 54.2 Å². The summed E-state index contributed by atoms with van der Waals surface area (Å²) in [5, 5.41) is 10.1. The molecule has 2 aliphatic heterocycles. The first-order chi connectivity index (χ1) is 19.4. The Morgan fingerprint density at radius 1 is 0.950 bits per heavy atom. The zero-order valence-electron chi connectivity index (χ0n) is 23.4. The molecule has 0 unspecified atom stereocenters. The van der Waals surface area contributed by atoms with Gasteiger partial charge in [-0.3, -0.25) is 0 Å². The number of phenolic OH excluding ortho intramolecular Hbond substituents is 1. The predicted octanol–water partition coefficient (Wildman–Crippen LogP) is 6.46. The van der Waals surface area contributed by atoms with Gasteiger partial charge in [0, 0.05) is 68.3 Å². The molecule has 0 amide bonds. The fraction of sp³-hybridized carbons (Fsp3) is 0.455. The van der Waals surface area contributed by atoms with E-state index in [2.05, 4.69) is 17.0 Å². The van der Waals surface area contributed by atoms with Gasteiger partial charge in [0.2, 0.25) is 0 Å². The number of fused-ring (bicyclic) bond motifs is 1. The average molecular weight is 548 g/mol. The fourth-order valence-corrected chi connectivity index (χ4v) is 7.35. The van der Waals surface area contributed by atoms with Gasteiger partial charge in [0.15, 0.2) is 6.29 Å². The molecule has 2 fully saturated rings. The number of hydrogen-bond acceptors (Lipinski definition) is 6. The summed E-state index contributed by atoms with van der Waals surface area (Å²) in [6.45, 7) is 2.03. The maximum Gasteiger partial charge on any atom is 0.159 e. The number of hydrogen-bond donors (Lipinski definition) is 1. The van der Waals surface area contributed by atoms with Gasteiger partial charge >= 0.3 is 0 Å². The van der Waals surface area contributed by atoms with E-state index in [-0.39, 0.29) is 29.7 Å². The number of piperidine rings is 1. The van der Waals surface area contributed by atoms with Crippen LogP contribution >= 0.6 is 0 Å². The third kappa shape index (κ3) is 4.79. The molecule has 3 aromatic rings. The number of phenols is 1. The molecule has 3 aliphatic rings. The highest BCUT2D eigenvalue weighted by Crippen LogP contribution is 2.55. The van der Waals surface area contributed by atoms with Crippen LogP contribution in [-0.4, -0.2) is 52.4 Å². The number of aromatic hydroxyl groups is 1. The van der Waals surface area contributed by atoms with E-state index in [4.69, 9.17) is 18.9 Å².